The Bertz CT molecular complexity index is 656. The number of rotatable bonds is 4. The predicted octanol–water partition coefficient (Wildman–Crippen LogP) is 3.01. The van der Waals surface area contributed by atoms with E-state index in [0.29, 0.717) is 0 Å². The summed E-state index contributed by atoms with van der Waals surface area (Å²) in [5.41, 5.74) is 0.0757. The summed E-state index contributed by atoms with van der Waals surface area (Å²) in [7, 11) is 0. The second kappa shape index (κ2) is 5.97. The van der Waals surface area contributed by atoms with Crippen LogP contribution in [-0.4, -0.2) is 16.2 Å². The van der Waals surface area contributed by atoms with Gasteiger partial charge in [0.25, 0.3) is 0 Å². The van der Waals surface area contributed by atoms with E-state index in [4.69, 9.17) is 0 Å². The number of aliphatic hydroxyl groups is 1. The van der Waals surface area contributed by atoms with Crippen LogP contribution in [0.4, 0.5) is 13.2 Å². The van der Waals surface area contributed by atoms with Gasteiger partial charge in [-0.15, -0.1) is 0 Å². The number of carboxylic acid groups (broad SMARTS) is 1. The highest BCUT2D eigenvalue weighted by atomic mass is 19.2. The number of aliphatic carboxylic acids is 1. The number of carbonyl (C=O) groups is 1. The third kappa shape index (κ3) is 3.22. The van der Waals surface area contributed by atoms with E-state index in [0.717, 1.165) is 30.3 Å². The van der Waals surface area contributed by atoms with Crippen molar-refractivity contribution in [3.8, 4) is 0 Å². The van der Waals surface area contributed by atoms with Crippen LogP contribution < -0.4 is 0 Å². The molecule has 0 spiro atoms. The number of benzene rings is 2. The number of aliphatic hydroxyl groups excluding tert-OH is 1. The van der Waals surface area contributed by atoms with Crippen molar-refractivity contribution in [1.82, 2.24) is 0 Å². The molecule has 0 saturated heterocycles. The Kier molecular flexibility index (Phi) is 4.28. The van der Waals surface area contributed by atoms with E-state index in [1.165, 1.54) is 12.1 Å². The minimum atomic E-state index is -1.59. The molecule has 2 aromatic carbocycles. The van der Waals surface area contributed by atoms with Gasteiger partial charge < -0.3 is 10.2 Å². The zero-order valence-corrected chi connectivity index (χ0v) is 10.6. The lowest BCUT2D eigenvalue weighted by Gasteiger charge is -2.20. The summed E-state index contributed by atoms with van der Waals surface area (Å²) in [4.78, 5) is 11.3. The molecule has 21 heavy (non-hydrogen) atoms. The normalized spacial score (nSPS) is 13.7. The summed E-state index contributed by atoms with van der Waals surface area (Å²) in [6.07, 6.45) is -1.59. The molecule has 2 atom stereocenters. The smallest absolute Gasteiger partial charge is 0.314 e. The van der Waals surface area contributed by atoms with Crippen LogP contribution in [0.25, 0.3) is 0 Å². The van der Waals surface area contributed by atoms with Gasteiger partial charge in [-0.2, -0.15) is 0 Å². The van der Waals surface area contributed by atoms with Crippen molar-refractivity contribution in [3.05, 3.63) is 71.0 Å². The minimum Gasteiger partial charge on any atom is -0.481 e. The molecule has 0 bridgehead atoms. The molecular weight excluding hydrogens is 285 g/mol. The topological polar surface area (TPSA) is 57.5 Å². The van der Waals surface area contributed by atoms with Crippen LogP contribution in [0.3, 0.4) is 0 Å². The zero-order valence-electron chi connectivity index (χ0n) is 10.6. The van der Waals surface area contributed by atoms with Gasteiger partial charge in [-0.1, -0.05) is 18.2 Å². The van der Waals surface area contributed by atoms with Crippen LogP contribution in [-0.2, 0) is 4.79 Å². The molecule has 0 aromatic heterocycles. The van der Waals surface area contributed by atoms with Crippen molar-refractivity contribution >= 4 is 5.97 Å². The monoisotopic (exact) mass is 296 g/mol. The molecular formula is C15H11F3O3. The first-order chi connectivity index (χ1) is 9.90. The van der Waals surface area contributed by atoms with Crippen molar-refractivity contribution in [1.29, 1.82) is 0 Å². The number of carboxylic acids is 1. The van der Waals surface area contributed by atoms with Crippen molar-refractivity contribution in [2.75, 3.05) is 0 Å². The Morgan fingerprint density at radius 2 is 1.48 bits per heavy atom. The SMILES string of the molecule is O=C(O)[C@H](c1ccc(F)cc1)[C@@H](O)c1ccc(F)c(F)c1. The van der Waals surface area contributed by atoms with Crippen LogP contribution in [0.2, 0.25) is 0 Å². The summed E-state index contributed by atoms with van der Waals surface area (Å²) in [6.45, 7) is 0. The lowest BCUT2D eigenvalue weighted by atomic mass is 9.89. The van der Waals surface area contributed by atoms with Crippen molar-refractivity contribution < 1.29 is 28.2 Å². The van der Waals surface area contributed by atoms with E-state index in [1.54, 1.807) is 0 Å². The first-order valence-corrected chi connectivity index (χ1v) is 6.01. The van der Waals surface area contributed by atoms with E-state index in [2.05, 4.69) is 0 Å². The number of hydrogen-bond acceptors (Lipinski definition) is 2. The lowest BCUT2D eigenvalue weighted by molar-refractivity contribution is -0.141. The molecule has 0 saturated carbocycles. The highest BCUT2D eigenvalue weighted by molar-refractivity contribution is 5.77. The molecule has 3 nitrogen and oxygen atoms in total. The van der Waals surface area contributed by atoms with E-state index in [-0.39, 0.29) is 11.1 Å². The Labute approximate surface area is 118 Å². The molecule has 0 aliphatic heterocycles. The molecule has 0 radical (unpaired) electrons. The number of halogens is 3. The van der Waals surface area contributed by atoms with Crippen molar-refractivity contribution in [3.63, 3.8) is 0 Å². The second-order valence-corrected chi connectivity index (χ2v) is 4.49. The van der Waals surface area contributed by atoms with Gasteiger partial charge in [0, 0.05) is 0 Å². The fraction of sp³-hybridized carbons (Fsp3) is 0.133. The van der Waals surface area contributed by atoms with Gasteiger partial charge in [-0.05, 0) is 35.4 Å². The van der Waals surface area contributed by atoms with Gasteiger partial charge in [-0.3, -0.25) is 4.79 Å². The van der Waals surface area contributed by atoms with Crippen LogP contribution in [0, 0.1) is 17.5 Å². The molecule has 0 fully saturated rings. The standard InChI is InChI=1S/C15H11F3O3/c16-10-4-1-8(2-5-10)13(15(20)21)14(19)9-3-6-11(17)12(18)7-9/h1-7,13-14,19H,(H,20,21)/t13-,14+/m1/s1. The first-order valence-electron chi connectivity index (χ1n) is 6.01. The van der Waals surface area contributed by atoms with Crippen LogP contribution in [0.15, 0.2) is 42.5 Å². The summed E-state index contributed by atoms with van der Waals surface area (Å²) in [5.74, 6) is -5.62. The highest BCUT2D eigenvalue weighted by Gasteiger charge is 2.30. The van der Waals surface area contributed by atoms with Gasteiger partial charge in [0.1, 0.15) is 11.7 Å². The third-order valence-electron chi connectivity index (χ3n) is 3.10. The van der Waals surface area contributed by atoms with Crippen molar-refractivity contribution in [2.24, 2.45) is 0 Å². The summed E-state index contributed by atoms with van der Waals surface area (Å²) in [6, 6.07) is 7.19. The van der Waals surface area contributed by atoms with E-state index < -0.39 is 35.4 Å². The fourth-order valence-electron chi connectivity index (χ4n) is 2.02. The largest absolute Gasteiger partial charge is 0.481 e. The molecule has 2 rings (SSSR count). The maximum absolute atomic E-state index is 13.2. The molecule has 0 aliphatic carbocycles. The van der Waals surface area contributed by atoms with Crippen LogP contribution in [0.1, 0.15) is 23.1 Å². The maximum atomic E-state index is 13.2. The third-order valence-corrected chi connectivity index (χ3v) is 3.10. The van der Waals surface area contributed by atoms with Gasteiger partial charge >= 0.3 is 5.97 Å². The Morgan fingerprint density at radius 3 is 2.00 bits per heavy atom. The molecule has 0 heterocycles. The molecule has 6 heteroatoms. The van der Waals surface area contributed by atoms with E-state index >= 15 is 0 Å². The highest BCUT2D eigenvalue weighted by Crippen LogP contribution is 2.32. The summed E-state index contributed by atoms with van der Waals surface area (Å²) in [5, 5.41) is 19.4. The average Bonchev–Trinajstić information content (AvgIpc) is 2.43. The second-order valence-electron chi connectivity index (χ2n) is 4.49. The molecule has 110 valence electrons. The van der Waals surface area contributed by atoms with Gasteiger partial charge in [-0.25, -0.2) is 13.2 Å². The van der Waals surface area contributed by atoms with Crippen molar-refractivity contribution in [2.45, 2.75) is 12.0 Å². The van der Waals surface area contributed by atoms with E-state index in [9.17, 15) is 28.2 Å². The van der Waals surface area contributed by atoms with E-state index in [1.807, 2.05) is 0 Å². The number of hydrogen-bond donors (Lipinski definition) is 2. The molecule has 2 N–H and O–H groups in total. The molecule has 2 aromatic rings. The summed E-state index contributed by atoms with van der Waals surface area (Å²) >= 11 is 0. The lowest BCUT2D eigenvalue weighted by Crippen LogP contribution is -2.20. The van der Waals surface area contributed by atoms with Gasteiger partial charge in [0.05, 0.1) is 6.10 Å². The average molecular weight is 296 g/mol. The van der Waals surface area contributed by atoms with Gasteiger partial charge in [0.2, 0.25) is 0 Å². The van der Waals surface area contributed by atoms with Crippen LogP contribution >= 0.6 is 0 Å². The molecule has 0 amide bonds. The summed E-state index contributed by atoms with van der Waals surface area (Å²) < 4.78 is 38.9. The molecule has 0 aliphatic rings. The van der Waals surface area contributed by atoms with Crippen LogP contribution in [0.5, 0.6) is 0 Å². The predicted molar refractivity (Wildman–Crippen MR) is 68.1 cm³/mol. The fourth-order valence-corrected chi connectivity index (χ4v) is 2.02. The first kappa shape index (κ1) is 15.1. The van der Waals surface area contributed by atoms with Gasteiger partial charge in [0.15, 0.2) is 11.6 Å². The molecule has 0 unspecified atom stereocenters. The maximum Gasteiger partial charge on any atom is 0.314 e. The Hall–Kier alpha value is -2.34. The zero-order chi connectivity index (χ0) is 15.6. The Morgan fingerprint density at radius 1 is 0.905 bits per heavy atom. The minimum absolute atomic E-state index is 0.0781. The Balaban J connectivity index is 2.39. The quantitative estimate of drug-likeness (QED) is 0.912.